The van der Waals surface area contributed by atoms with Gasteiger partial charge in [-0.05, 0) is 43.9 Å². The van der Waals surface area contributed by atoms with E-state index < -0.39 is 23.3 Å². The molecule has 1 heterocycles. The zero-order valence-electron chi connectivity index (χ0n) is 14.8. The van der Waals surface area contributed by atoms with Crippen LogP contribution in [0.1, 0.15) is 44.6 Å². The molecule has 10 heteroatoms. The molecule has 1 fully saturated rings. The van der Waals surface area contributed by atoms with Gasteiger partial charge in [0.25, 0.3) is 0 Å². The van der Waals surface area contributed by atoms with Gasteiger partial charge >= 0.3 is 6.18 Å². The molecule has 1 aliphatic heterocycles. The van der Waals surface area contributed by atoms with E-state index in [1.54, 1.807) is 0 Å². The quantitative estimate of drug-likeness (QED) is 0.731. The Balaban J connectivity index is 2.18. The van der Waals surface area contributed by atoms with Crippen molar-refractivity contribution in [3.05, 3.63) is 23.8 Å². The fourth-order valence-corrected chi connectivity index (χ4v) is 3.66. The van der Waals surface area contributed by atoms with Crippen molar-refractivity contribution in [2.24, 2.45) is 21.5 Å². The minimum atomic E-state index is -4.55. The van der Waals surface area contributed by atoms with Gasteiger partial charge in [-0.25, -0.2) is 4.99 Å². The Labute approximate surface area is 154 Å². The number of nitrogens with zero attached hydrogens (tertiary/aromatic N) is 3. The van der Waals surface area contributed by atoms with Crippen LogP contribution in [-0.2, 0) is 11.0 Å². The molecule has 0 saturated heterocycles. The summed E-state index contributed by atoms with van der Waals surface area (Å²) in [4.78, 5) is 21.5. The van der Waals surface area contributed by atoms with E-state index in [4.69, 9.17) is 11.5 Å². The van der Waals surface area contributed by atoms with Crippen LogP contribution in [0.2, 0.25) is 0 Å². The number of hydrogen-bond acceptors (Lipinski definition) is 6. The van der Waals surface area contributed by atoms with E-state index in [-0.39, 0.29) is 23.3 Å². The number of halogens is 3. The van der Waals surface area contributed by atoms with Gasteiger partial charge in [0.15, 0.2) is 0 Å². The van der Waals surface area contributed by atoms with Gasteiger partial charge in [-0.1, -0.05) is 6.42 Å². The Morgan fingerprint density at radius 1 is 1.22 bits per heavy atom. The van der Waals surface area contributed by atoms with Crippen molar-refractivity contribution in [3.8, 4) is 0 Å². The summed E-state index contributed by atoms with van der Waals surface area (Å²) in [6.07, 6.45) is -0.764. The molecule has 7 nitrogen and oxygen atoms in total. The van der Waals surface area contributed by atoms with E-state index in [1.165, 1.54) is 17.9 Å². The van der Waals surface area contributed by atoms with Crippen LogP contribution < -0.4 is 21.7 Å². The van der Waals surface area contributed by atoms with Gasteiger partial charge in [-0.2, -0.15) is 18.2 Å². The number of hydrogen-bond donors (Lipinski definition) is 3. The first kappa shape index (κ1) is 19.0. The molecule has 1 aromatic rings. The number of alkyl halides is 3. The number of anilines is 2. The summed E-state index contributed by atoms with van der Waals surface area (Å²) >= 11 is 0. The van der Waals surface area contributed by atoms with Gasteiger partial charge in [-0.3, -0.25) is 9.69 Å². The topological polar surface area (TPSA) is 109 Å². The maximum Gasteiger partial charge on any atom is 0.416 e. The first-order valence-corrected chi connectivity index (χ1v) is 8.61. The number of nitrogens with two attached hydrogens (primary N) is 2. The molecule has 0 radical (unpaired) electrons. The summed E-state index contributed by atoms with van der Waals surface area (Å²) in [6, 6.07) is 3.09. The number of nitrogens with one attached hydrogen (secondary N) is 1. The van der Waals surface area contributed by atoms with Crippen LogP contribution in [0.5, 0.6) is 0 Å². The first-order chi connectivity index (χ1) is 12.6. The molecule has 3 rings (SSSR count). The molecular formula is C17H21F3N6O. The molecule has 5 N–H and O–H groups in total. The molecule has 0 atom stereocenters. The SMILES string of the molecule is CC(=O)Nc1ccc(C(F)(F)F)cc1N1C(N)=NC(N)=NC12CCCCC2. The molecule has 0 bridgehead atoms. The van der Waals surface area contributed by atoms with Crippen molar-refractivity contribution in [3.63, 3.8) is 0 Å². The highest BCUT2D eigenvalue weighted by Gasteiger charge is 2.44. The van der Waals surface area contributed by atoms with Crippen LogP contribution >= 0.6 is 0 Å². The van der Waals surface area contributed by atoms with Gasteiger partial charge in [-0.15, -0.1) is 0 Å². The maximum absolute atomic E-state index is 13.3. The minimum Gasteiger partial charge on any atom is -0.369 e. The highest BCUT2D eigenvalue weighted by Crippen LogP contribution is 2.43. The van der Waals surface area contributed by atoms with Crippen molar-refractivity contribution in [2.75, 3.05) is 10.2 Å². The second kappa shape index (κ2) is 6.75. The van der Waals surface area contributed by atoms with Gasteiger partial charge < -0.3 is 16.8 Å². The standard InChI is InChI=1S/C17H21F3N6O/c1-10(27)23-12-6-5-11(17(18,19)20)9-13(12)26-15(22)24-14(21)25-16(26)7-3-2-4-8-16/h5-6,9H,2-4,7-8H2,1H3,(H,23,27)(H4,21,22,24,25). The van der Waals surface area contributed by atoms with Gasteiger partial charge in [0.1, 0.15) is 5.66 Å². The average molecular weight is 382 g/mol. The van der Waals surface area contributed by atoms with E-state index in [1.807, 2.05) is 0 Å². The van der Waals surface area contributed by atoms with E-state index in [2.05, 4.69) is 15.3 Å². The van der Waals surface area contributed by atoms with E-state index in [0.717, 1.165) is 31.4 Å². The normalized spacial score (nSPS) is 19.5. The highest BCUT2D eigenvalue weighted by molar-refractivity contribution is 6.08. The van der Waals surface area contributed by atoms with Crippen LogP contribution in [0.3, 0.4) is 0 Å². The smallest absolute Gasteiger partial charge is 0.369 e. The molecule has 1 aliphatic carbocycles. The van der Waals surface area contributed by atoms with Gasteiger partial charge in [0.05, 0.1) is 16.9 Å². The average Bonchev–Trinajstić information content (AvgIpc) is 2.54. The summed E-state index contributed by atoms with van der Waals surface area (Å²) in [5.74, 6) is -0.460. The predicted molar refractivity (Wildman–Crippen MR) is 97.3 cm³/mol. The molecule has 27 heavy (non-hydrogen) atoms. The van der Waals surface area contributed by atoms with E-state index >= 15 is 0 Å². The fraction of sp³-hybridized carbons (Fsp3) is 0.471. The Morgan fingerprint density at radius 2 is 1.89 bits per heavy atom. The van der Waals surface area contributed by atoms with Crippen LogP contribution in [-0.4, -0.2) is 23.5 Å². The minimum absolute atomic E-state index is 0.00120. The molecule has 2 aliphatic rings. The third kappa shape index (κ3) is 3.69. The second-order valence-electron chi connectivity index (χ2n) is 6.73. The zero-order chi connectivity index (χ0) is 19.8. The largest absolute Gasteiger partial charge is 0.416 e. The third-order valence-corrected chi connectivity index (χ3v) is 4.73. The van der Waals surface area contributed by atoms with Crippen molar-refractivity contribution >= 4 is 29.2 Å². The van der Waals surface area contributed by atoms with Crippen molar-refractivity contribution in [1.82, 2.24) is 0 Å². The number of rotatable bonds is 2. The molecule has 146 valence electrons. The van der Waals surface area contributed by atoms with E-state index in [9.17, 15) is 18.0 Å². The van der Waals surface area contributed by atoms with Crippen LogP contribution in [0.4, 0.5) is 24.5 Å². The Bertz CT molecular complexity index is 811. The van der Waals surface area contributed by atoms with Crippen molar-refractivity contribution < 1.29 is 18.0 Å². The summed E-state index contributed by atoms with van der Waals surface area (Å²) < 4.78 is 39.9. The Hall–Kier alpha value is -2.78. The second-order valence-corrected chi connectivity index (χ2v) is 6.73. The van der Waals surface area contributed by atoms with Gasteiger partial charge in [0, 0.05) is 6.92 Å². The lowest BCUT2D eigenvalue weighted by Gasteiger charge is -2.46. The lowest BCUT2D eigenvalue weighted by molar-refractivity contribution is -0.137. The number of guanidine groups is 2. The molecule has 0 aromatic heterocycles. The van der Waals surface area contributed by atoms with Crippen molar-refractivity contribution in [2.45, 2.75) is 50.9 Å². The fourth-order valence-electron chi connectivity index (χ4n) is 3.66. The number of amides is 1. The molecular weight excluding hydrogens is 361 g/mol. The number of carbonyl (C=O) groups is 1. The van der Waals surface area contributed by atoms with Gasteiger partial charge in [0.2, 0.25) is 17.8 Å². The number of aliphatic imine (C=N–C) groups is 2. The highest BCUT2D eigenvalue weighted by atomic mass is 19.4. The first-order valence-electron chi connectivity index (χ1n) is 8.61. The Kier molecular flexibility index (Phi) is 4.75. The summed E-state index contributed by atoms with van der Waals surface area (Å²) in [7, 11) is 0. The van der Waals surface area contributed by atoms with Crippen LogP contribution in [0.25, 0.3) is 0 Å². The molecule has 1 saturated carbocycles. The van der Waals surface area contributed by atoms with Crippen molar-refractivity contribution in [1.29, 1.82) is 0 Å². The monoisotopic (exact) mass is 382 g/mol. The zero-order valence-corrected chi connectivity index (χ0v) is 14.8. The maximum atomic E-state index is 13.3. The third-order valence-electron chi connectivity index (χ3n) is 4.73. The molecule has 1 aromatic carbocycles. The predicted octanol–water partition coefficient (Wildman–Crippen LogP) is 2.77. The Morgan fingerprint density at radius 3 is 2.48 bits per heavy atom. The number of carbonyl (C=O) groups excluding carboxylic acids is 1. The molecule has 1 spiro atoms. The lowest BCUT2D eigenvalue weighted by Crippen LogP contribution is -2.58. The summed E-state index contributed by atoms with van der Waals surface area (Å²) in [5.41, 5.74) is 10.4. The summed E-state index contributed by atoms with van der Waals surface area (Å²) in [6.45, 7) is 1.28. The van der Waals surface area contributed by atoms with Crippen LogP contribution in [0.15, 0.2) is 28.2 Å². The van der Waals surface area contributed by atoms with Crippen LogP contribution in [0, 0.1) is 0 Å². The molecule has 1 amide bonds. The lowest BCUT2D eigenvalue weighted by atomic mass is 9.87. The summed E-state index contributed by atoms with van der Waals surface area (Å²) in [5, 5.41) is 2.56. The molecule has 0 unspecified atom stereocenters. The number of benzene rings is 1. The van der Waals surface area contributed by atoms with E-state index in [0.29, 0.717) is 12.8 Å².